The number of benzene rings is 3. The van der Waals surface area contributed by atoms with E-state index in [2.05, 4.69) is 5.32 Å². The summed E-state index contributed by atoms with van der Waals surface area (Å²) < 4.78 is 12.5. The van der Waals surface area contributed by atoms with E-state index < -0.39 is 5.97 Å². The molecule has 1 heterocycles. The molecule has 2 N–H and O–H groups in total. The fraction of sp³-hybridized carbons (Fsp3) is 0.160. The lowest BCUT2D eigenvalue weighted by Crippen LogP contribution is -2.15. The summed E-state index contributed by atoms with van der Waals surface area (Å²) in [5, 5.41) is 12.0. The van der Waals surface area contributed by atoms with Crippen molar-refractivity contribution in [3.8, 4) is 22.9 Å². The molecule has 0 unspecified atom stereocenters. The van der Waals surface area contributed by atoms with E-state index in [1.807, 2.05) is 28.8 Å². The number of ether oxygens (including phenoxy) is 2. The van der Waals surface area contributed by atoms with Gasteiger partial charge in [-0.2, -0.15) is 0 Å². The van der Waals surface area contributed by atoms with Crippen molar-refractivity contribution in [3.05, 3.63) is 72.3 Å². The standard InChI is InChI=1S/C25H23N3O5/c1-32-19-13-18(14-20(15-19)33-2)26-23(29)11-12-28-22-6-4-3-5-21(22)27-24(28)16-7-9-17(10-8-16)25(30)31/h3-10,13-15H,11-12H2,1-2H3,(H,26,29)(H,30,31). The Hall–Kier alpha value is -4.33. The van der Waals surface area contributed by atoms with Gasteiger partial charge in [0.2, 0.25) is 5.91 Å². The molecule has 1 amide bonds. The van der Waals surface area contributed by atoms with E-state index in [0.29, 0.717) is 29.6 Å². The topological polar surface area (TPSA) is 103 Å². The van der Waals surface area contributed by atoms with E-state index >= 15 is 0 Å². The van der Waals surface area contributed by atoms with Crippen LogP contribution in [0.4, 0.5) is 5.69 Å². The molecule has 4 aromatic rings. The maximum atomic E-state index is 12.7. The number of nitrogens with one attached hydrogen (secondary N) is 1. The lowest BCUT2D eigenvalue weighted by Gasteiger charge is -2.12. The van der Waals surface area contributed by atoms with Crippen LogP contribution >= 0.6 is 0 Å². The number of aromatic carboxylic acids is 1. The molecule has 0 aliphatic heterocycles. The third kappa shape index (κ3) is 4.79. The molecule has 1 aromatic heterocycles. The molecule has 0 bridgehead atoms. The normalized spacial score (nSPS) is 10.7. The van der Waals surface area contributed by atoms with Gasteiger partial charge in [0.15, 0.2) is 0 Å². The Kier molecular flexibility index (Phi) is 6.26. The fourth-order valence-electron chi connectivity index (χ4n) is 3.60. The minimum absolute atomic E-state index is 0.171. The van der Waals surface area contributed by atoms with E-state index in [4.69, 9.17) is 19.6 Å². The molecule has 8 nitrogen and oxygen atoms in total. The monoisotopic (exact) mass is 445 g/mol. The zero-order chi connectivity index (χ0) is 23.4. The number of anilines is 1. The molecule has 4 rings (SSSR count). The highest BCUT2D eigenvalue weighted by molar-refractivity contribution is 5.91. The van der Waals surface area contributed by atoms with Crippen LogP contribution in [0.25, 0.3) is 22.4 Å². The molecule has 3 aromatic carbocycles. The van der Waals surface area contributed by atoms with E-state index in [0.717, 1.165) is 16.6 Å². The molecule has 0 aliphatic carbocycles. The second-order valence-electron chi connectivity index (χ2n) is 7.36. The van der Waals surface area contributed by atoms with Crippen LogP contribution in [0.3, 0.4) is 0 Å². The zero-order valence-electron chi connectivity index (χ0n) is 18.2. The molecule has 0 spiro atoms. The lowest BCUT2D eigenvalue weighted by atomic mass is 10.1. The molecule has 0 saturated carbocycles. The molecular formula is C25H23N3O5. The Balaban J connectivity index is 1.58. The average molecular weight is 445 g/mol. The molecule has 8 heteroatoms. The molecule has 168 valence electrons. The maximum absolute atomic E-state index is 12.7. The van der Waals surface area contributed by atoms with E-state index in [1.165, 1.54) is 0 Å². The summed E-state index contributed by atoms with van der Waals surface area (Å²) in [6, 6.07) is 19.4. The molecule has 0 atom stereocenters. The molecular weight excluding hydrogens is 422 g/mol. The number of hydrogen-bond donors (Lipinski definition) is 2. The number of nitrogens with zero attached hydrogens (tertiary/aromatic N) is 2. The maximum Gasteiger partial charge on any atom is 0.335 e. The van der Waals surface area contributed by atoms with Crippen molar-refractivity contribution in [2.45, 2.75) is 13.0 Å². The van der Waals surface area contributed by atoms with Crippen LogP contribution in [0, 0.1) is 0 Å². The van der Waals surface area contributed by atoms with Crippen molar-refractivity contribution in [1.82, 2.24) is 9.55 Å². The third-order valence-electron chi connectivity index (χ3n) is 5.24. The molecule has 0 radical (unpaired) electrons. The lowest BCUT2D eigenvalue weighted by molar-refractivity contribution is -0.116. The van der Waals surface area contributed by atoms with E-state index in [1.54, 1.807) is 56.7 Å². The highest BCUT2D eigenvalue weighted by Crippen LogP contribution is 2.27. The smallest absolute Gasteiger partial charge is 0.335 e. The van der Waals surface area contributed by atoms with Gasteiger partial charge in [-0.1, -0.05) is 24.3 Å². The van der Waals surface area contributed by atoms with Gasteiger partial charge in [0.25, 0.3) is 0 Å². The highest BCUT2D eigenvalue weighted by atomic mass is 16.5. The van der Waals surface area contributed by atoms with Crippen LogP contribution in [0.15, 0.2) is 66.7 Å². The van der Waals surface area contributed by atoms with Crippen LogP contribution in [0.1, 0.15) is 16.8 Å². The van der Waals surface area contributed by atoms with Gasteiger partial charge >= 0.3 is 5.97 Å². The van der Waals surface area contributed by atoms with Crippen molar-refractivity contribution in [2.24, 2.45) is 0 Å². The summed E-state index contributed by atoms with van der Waals surface area (Å²) in [6.45, 7) is 0.392. The minimum atomic E-state index is -0.985. The van der Waals surface area contributed by atoms with Gasteiger partial charge in [0, 0.05) is 42.4 Å². The number of amides is 1. The first-order valence-electron chi connectivity index (χ1n) is 10.3. The van der Waals surface area contributed by atoms with Gasteiger partial charge in [-0.25, -0.2) is 9.78 Å². The van der Waals surface area contributed by atoms with Gasteiger partial charge in [0.05, 0.1) is 30.8 Å². The first-order chi connectivity index (χ1) is 16.0. The van der Waals surface area contributed by atoms with Gasteiger partial charge in [-0.3, -0.25) is 4.79 Å². The Morgan fingerprint density at radius 3 is 2.27 bits per heavy atom. The van der Waals surface area contributed by atoms with Crippen LogP contribution in [0.5, 0.6) is 11.5 Å². The summed E-state index contributed by atoms with van der Waals surface area (Å²) in [5.41, 5.74) is 3.25. The van der Waals surface area contributed by atoms with Crippen molar-refractivity contribution >= 4 is 28.6 Å². The first kappa shape index (κ1) is 21.9. The predicted octanol–water partition coefficient (Wildman–Crippen LogP) is 4.45. The third-order valence-corrected chi connectivity index (χ3v) is 5.24. The summed E-state index contributed by atoms with van der Waals surface area (Å²) in [5.74, 6) is 0.676. The predicted molar refractivity (Wildman–Crippen MR) is 125 cm³/mol. The number of aromatic nitrogens is 2. The Morgan fingerprint density at radius 1 is 0.970 bits per heavy atom. The van der Waals surface area contributed by atoms with Crippen LogP contribution in [-0.4, -0.2) is 40.8 Å². The Labute approximate surface area is 190 Å². The SMILES string of the molecule is COc1cc(NC(=O)CCn2c(-c3ccc(C(=O)O)cc3)nc3ccccc32)cc(OC)c1. The number of hydrogen-bond acceptors (Lipinski definition) is 5. The van der Waals surface area contributed by atoms with Gasteiger partial charge < -0.3 is 24.5 Å². The summed E-state index contributed by atoms with van der Waals surface area (Å²) in [7, 11) is 3.10. The largest absolute Gasteiger partial charge is 0.497 e. The number of aryl methyl sites for hydroxylation is 1. The quantitative estimate of drug-likeness (QED) is 0.415. The molecule has 0 saturated heterocycles. The Bertz CT molecular complexity index is 1290. The first-order valence-corrected chi connectivity index (χ1v) is 10.3. The van der Waals surface area contributed by atoms with E-state index in [9.17, 15) is 9.59 Å². The summed E-state index contributed by atoms with van der Waals surface area (Å²) >= 11 is 0. The second-order valence-corrected chi connectivity index (χ2v) is 7.36. The number of rotatable bonds is 8. The summed E-state index contributed by atoms with van der Waals surface area (Å²) in [4.78, 5) is 28.6. The number of carbonyl (C=O) groups is 2. The number of methoxy groups -OCH3 is 2. The number of fused-ring (bicyclic) bond motifs is 1. The number of imidazole rings is 1. The Morgan fingerprint density at radius 2 is 1.64 bits per heavy atom. The number of para-hydroxylation sites is 2. The van der Waals surface area contributed by atoms with E-state index in [-0.39, 0.29) is 17.9 Å². The number of carbonyl (C=O) groups excluding carboxylic acids is 1. The van der Waals surface area contributed by atoms with Crippen molar-refractivity contribution < 1.29 is 24.2 Å². The number of carboxylic acids is 1. The van der Waals surface area contributed by atoms with Crippen molar-refractivity contribution in [3.63, 3.8) is 0 Å². The van der Waals surface area contributed by atoms with Gasteiger partial charge in [-0.05, 0) is 24.3 Å². The zero-order valence-corrected chi connectivity index (χ0v) is 18.2. The summed E-state index contributed by atoms with van der Waals surface area (Å²) in [6.07, 6.45) is 0.208. The van der Waals surface area contributed by atoms with Gasteiger partial charge in [-0.15, -0.1) is 0 Å². The highest BCUT2D eigenvalue weighted by Gasteiger charge is 2.15. The van der Waals surface area contributed by atoms with Crippen LogP contribution in [-0.2, 0) is 11.3 Å². The van der Waals surface area contributed by atoms with Crippen molar-refractivity contribution in [1.29, 1.82) is 0 Å². The molecule has 33 heavy (non-hydrogen) atoms. The average Bonchev–Trinajstić information content (AvgIpc) is 3.21. The minimum Gasteiger partial charge on any atom is -0.497 e. The fourth-order valence-corrected chi connectivity index (χ4v) is 3.60. The van der Waals surface area contributed by atoms with Crippen molar-refractivity contribution in [2.75, 3.05) is 19.5 Å². The van der Waals surface area contributed by atoms with Crippen LogP contribution < -0.4 is 14.8 Å². The molecule has 0 aliphatic rings. The molecule has 0 fully saturated rings. The van der Waals surface area contributed by atoms with Gasteiger partial charge in [0.1, 0.15) is 17.3 Å². The number of carboxylic acid groups (broad SMARTS) is 1. The second kappa shape index (κ2) is 9.44. The van der Waals surface area contributed by atoms with Crippen LogP contribution in [0.2, 0.25) is 0 Å².